The van der Waals surface area contributed by atoms with E-state index in [1.165, 1.54) is 0 Å². The molecule has 0 aliphatic rings. The van der Waals surface area contributed by atoms with Gasteiger partial charge in [0.1, 0.15) is 0 Å². The van der Waals surface area contributed by atoms with Gasteiger partial charge in [-0.2, -0.15) is 9.97 Å². The Labute approximate surface area is 100 Å². The monoisotopic (exact) mass is 232 g/mol. The molecular weight excluding hydrogens is 216 g/mol. The smallest absolute Gasteiger partial charge is 0.316 e. The van der Waals surface area contributed by atoms with Crippen molar-refractivity contribution in [3.63, 3.8) is 0 Å². The molecule has 2 aromatic rings. The zero-order valence-corrected chi connectivity index (χ0v) is 10.5. The fraction of sp³-hybridized carbons (Fsp3) is 0.417. The van der Waals surface area contributed by atoms with Crippen molar-refractivity contribution in [2.24, 2.45) is 0 Å². The minimum absolute atomic E-state index is 0.0506. The van der Waals surface area contributed by atoms with E-state index in [9.17, 15) is 0 Å². The summed E-state index contributed by atoms with van der Waals surface area (Å²) in [6.07, 6.45) is 3.36. The maximum absolute atomic E-state index is 5.13. The minimum Gasteiger partial charge on any atom is -0.467 e. The first kappa shape index (κ1) is 11.6. The second-order valence-corrected chi connectivity index (χ2v) is 4.84. The first-order valence-corrected chi connectivity index (χ1v) is 5.43. The lowest BCUT2D eigenvalue weighted by atomic mass is 9.91. The topological polar surface area (TPSA) is 63.7 Å². The van der Waals surface area contributed by atoms with Crippen LogP contribution >= 0.6 is 0 Å². The molecule has 0 unspecified atom stereocenters. The average Bonchev–Trinajstić information content (AvgIpc) is 2.80. The predicted molar refractivity (Wildman–Crippen MR) is 64.9 cm³/mol. The molecule has 0 spiro atoms. The molecule has 5 heteroatoms. The van der Waals surface area contributed by atoms with E-state index in [2.05, 4.69) is 40.7 Å². The van der Waals surface area contributed by atoms with Crippen LogP contribution < -0.4 is 4.74 Å². The number of nitrogens with zero attached hydrogens (tertiary/aromatic N) is 3. The molecule has 0 radical (unpaired) electrons. The number of H-pyrrole nitrogens is 1. The number of aromatic nitrogens is 4. The number of hydrogen-bond acceptors (Lipinski definition) is 4. The van der Waals surface area contributed by atoms with Gasteiger partial charge in [0.05, 0.1) is 36.7 Å². The van der Waals surface area contributed by atoms with Crippen molar-refractivity contribution in [2.45, 2.75) is 26.2 Å². The van der Waals surface area contributed by atoms with Gasteiger partial charge in [0, 0.05) is 5.41 Å². The molecule has 0 atom stereocenters. The second kappa shape index (κ2) is 4.16. The predicted octanol–water partition coefficient (Wildman–Crippen LogP) is 2.17. The summed E-state index contributed by atoms with van der Waals surface area (Å²) >= 11 is 0. The highest BCUT2D eigenvalue weighted by Gasteiger charge is 2.19. The Morgan fingerprint density at radius 2 is 2.00 bits per heavy atom. The van der Waals surface area contributed by atoms with Crippen molar-refractivity contribution in [1.82, 2.24) is 19.9 Å². The summed E-state index contributed by atoms with van der Waals surface area (Å²) in [6, 6.07) is 2.33. The first-order valence-electron chi connectivity index (χ1n) is 5.43. The summed E-state index contributed by atoms with van der Waals surface area (Å²) in [4.78, 5) is 15.7. The SMILES string of the molecule is COc1nc(-c2cnc[nH]2)cc(C(C)(C)C)n1. The Kier molecular flexibility index (Phi) is 2.83. The number of imidazole rings is 1. The fourth-order valence-electron chi connectivity index (χ4n) is 1.43. The maximum atomic E-state index is 5.13. The summed E-state index contributed by atoms with van der Waals surface area (Å²) in [5.74, 6) is 0. The lowest BCUT2D eigenvalue weighted by molar-refractivity contribution is 0.374. The molecule has 0 fully saturated rings. The molecule has 0 saturated heterocycles. The van der Waals surface area contributed by atoms with E-state index < -0.39 is 0 Å². The molecule has 0 saturated carbocycles. The van der Waals surface area contributed by atoms with Crippen molar-refractivity contribution >= 4 is 0 Å². The molecule has 2 heterocycles. The Bertz CT molecular complexity index is 500. The van der Waals surface area contributed by atoms with E-state index >= 15 is 0 Å². The van der Waals surface area contributed by atoms with E-state index in [1.807, 2.05) is 6.07 Å². The Hall–Kier alpha value is -1.91. The van der Waals surface area contributed by atoms with Crippen LogP contribution in [0, 0.1) is 0 Å². The van der Waals surface area contributed by atoms with Gasteiger partial charge in [-0.1, -0.05) is 20.8 Å². The van der Waals surface area contributed by atoms with Gasteiger partial charge in [-0.05, 0) is 6.07 Å². The van der Waals surface area contributed by atoms with Crippen molar-refractivity contribution < 1.29 is 4.74 Å². The van der Waals surface area contributed by atoms with Gasteiger partial charge in [-0.25, -0.2) is 4.98 Å². The third-order valence-corrected chi connectivity index (χ3v) is 2.43. The van der Waals surface area contributed by atoms with Crippen LogP contribution in [-0.2, 0) is 5.41 Å². The summed E-state index contributed by atoms with van der Waals surface area (Å²) in [5.41, 5.74) is 2.54. The third-order valence-electron chi connectivity index (χ3n) is 2.43. The Balaban J connectivity index is 2.54. The van der Waals surface area contributed by atoms with Gasteiger partial charge in [0.2, 0.25) is 0 Å². The average molecular weight is 232 g/mol. The minimum atomic E-state index is -0.0506. The third kappa shape index (κ3) is 2.43. The molecule has 90 valence electrons. The van der Waals surface area contributed by atoms with E-state index in [0.717, 1.165) is 17.1 Å². The second-order valence-electron chi connectivity index (χ2n) is 4.84. The number of methoxy groups -OCH3 is 1. The lowest BCUT2D eigenvalue weighted by Gasteiger charge is -2.18. The molecular formula is C12H16N4O. The zero-order valence-electron chi connectivity index (χ0n) is 10.5. The highest BCUT2D eigenvalue weighted by atomic mass is 16.5. The van der Waals surface area contributed by atoms with E-state index in [0.29, 0.717) is 6.01 Å². The molecule has 0 aromatic carbocycles. The first-order chi connectivity index (χ1) is 8.00. The highest BCUT2D eigenvalue weighted by Crippen LogP contribution is 2.25. The van der Waals surface area contributed by atoms with Crippen LogP contribution in [0.4, 0.5) is 0 Å². The van der Waals surface area contributed by atoms with Crippen molar-refractivity contribution in [1.29, 1.82) is 0 Å². The largest absolute Gasteiger partial charge is 0.467 e. The van der Waals surface area contributed by atoms with Crippen LogP contribution in [0.2, 0.25) is 0 Å². The lowest BCUT2D eigenvalue weighted by Crippen LogP contribution is -2.15. The molecule has 0 aliphatic carbocycles. The molecule has 0 aliphatic heterocycles. The van der Waals surface area contributed by atoms with Gasteiger partial charge >= 0.3 is 6.01 Å². The molecule has 0 amide bonds. The fourth-order valence-corrected chi connectivity index (χ4v) is 1.43. The van der Waals surface area contributed by atoms with E-state index in [4.69, 9.17) is 4.74 Å². The summed E-state index contributed by atoms with van der Waals surface area (Å²) in [6.45, 7) is 6.31. The van der Waals surface area contributed by atoms with Crippen molar-refractivity contribution in [2.75, 3.05) is 7.11 Å². The normalized spacial score (nSPS) is 11.5. The molecule has 1 N–H and O–H groups in total. The zero-order chi connectivity index (χ0) is 12.5. The van der Waals surface area contributed by atoms with Gasteiger partial charge in [-0.15, -0.1) is 0 Å². The van der Waals surface area contributed by atoms with Gasteiger partial charge in [-0.3, -0.25) is 0 Å². The van der Waals surface area contributed by atoms with Gasteiger partial charge < -0.3 is 9.72 Å². The van der Waals surface area contributed by atoms with Crippen molar-refractivity contribution in [3.05, 3.63) is 24.3 Å². The van der Waals surface area contributed by atoms with Gasteiger partial charge in [0.25, 0.3) is 0 Å². The summed E-state index contributed by atoms with van der Waals surface area (Å²) in [5, 5.41) is 0. The Morgan fingerprint density at radius 3 is 2.53 bits per heavy atom. The number of nitrogens with one attached hydrogen (secondary N) is 1. The van der Waals surface area contributed by atoms with Crippen LogP contribution in [0.3, 0.4) is 0 Å². The highest BCUT2D eigenvalue weighted by molar-refractivity contribution is 5.54. The van der Waals surface area contributed by atoms with Crippen LogP contribution in [-0.4, -0.2) is 27.0 Å². The number of ether oxygens (including phenoxy) is 1. The van der Waals surface area contributed by atoms with Crippen LogP contribution in [0.25, 0.3) is 11.4 Å². The Morgan fingerprint density at radius 1 is 1.24 bits per heavy atom. The number of hydrogen-bond donors (Lipinski definition) is 1. The molecule has 5 nitrogen and oxygen atoms in total. The van der Waals surface area contributed by atoms with Crippen LogP contribution in [0.5, 0.6) is 6.01 Å². The summed E-state index contributed by atoms with van der Waals surface area (Å²) in [7, 11) is 1.57. The van der Waals surface area contributed by atoms with E-state index in [-0.39, 0.29) is 5.41 Å². The number of aromatic amines is 1. The van der Waals surface area contributed by atoms with Crippen LogP contribution in [0.1, 0.15) is 26.5 Å². The molecule has 17 heavy (non-hydrogen) atoms. The van der Waals surface area contributed by atoms with E-state index in [1.54, 1.807) is 19.6 Å². The molecule has 2 aromatic heterocycles. The molecule has 2 rings (SSSR count). The van der Waals surface area contributed by atoms with Crippen molar-refractivity contribution in [3.8, 4) is 17.4 Å². The van der Waals surface area contributed by atoms with Gasteiger partial charge in [0.15, 0.2) is 0 Å². The standard InChI is InChI=1S/C12H16N4O/c1-12(2,3)10-5-8(9-6-13-7-14-9)15-11(16-10)17-4/h5-7H,1-4H3,(H,13,14). The quantitative estimate of drug-likeness (QED) is 0.861. The summed E-state index contributed by atoms with van der Waals surface area (Å²) < 4.78 is 5.13. The van der Waals surface area contributed by atoms with Crippen LogP contribution in [0.15, 0.2) is 18.6 Å². The maximum Gasteiger partial charge on any atom is 0.316 e. The number of rotatable bonds is 2. The molecule has 0 bridgehead atoms.